The van der Waals surface area contributed by atoms with E-state index in [0.29, 0.717) is 30.2 Å². The van der Waals surface area contributed by atoms with Crippen LogP contribution in [0, 0.1) is 10.1 Å². The van der Waals surface area contributed by atoms with Crippen molar-refractivity contribution in [3.63, 3.8) is 0 Å². The third-order valence-electron chi connectivity index (χ3n) is 2.54. The Morgan fingerprint density at radius 2 is 2.18 bits per heavy atom. The van der Waals surface area contributed by atoms with Gasteiger partial charge in [0.15, 0.2) is 0 Å². The summed E-state index contributed by atoms with van der Waals surface area (Å²) in [4.78, 5) is 19.7. The molecule has 8 heteroatoms. The molecule has 0 fully saturated rings. The lowest BCUT2D eigenvalue weighted by Gasteiger charge is -2.04. The van der Waals surface area contributed by atoms with Gasteiger partial charge in [-0.05, 0) is 41.1 Å². The monoisotopic (exact) mass is 388 g/mol. The molecule has 0 N–H and O–H groups in total. The Hall–Kier alpha value is -1.86. The molecule has 2 rings (SSSR count). The second-order valence-electron chi connectivity index (χ2n) is 4.08. The van der Waals surface area contributed by atoms with E-state index in [1.165, 1.54) is 12.1 Å². The van der Waals surface area contributed by atoms with Crippen molar-refractivity contribution >= 4 is 39.7 Å². The number of nitro benzene ring substituents is 1. The molecule has 0 aliphatic carbocycles. The minimum absolute atomic E-state index is 0.0826. The van der Waals surface area contributed by atoms with E-state index >= 15 is 0 Å². The van der Waals surface area contributed by atoms with Gasteiger partial charge in [0.05, 0.1) is 23.6 Å². The Bertz CT molecular complexity index is 646. The molecular formula is C14H14BrClN2O4. The molecule has 6 nitrogen and oxygen atoms in total. The predicted octanol–water partition coefficient (Wildman–Crippen LogP) is 4.04. The summed E-state index contributed by atoms with van der Waals surface area (Å²) in [6.45, 7) is 3.08. The lowest BCUT2D eigenvalue weighted by Crippen LogP contribution is -2.01. The number of hydrogen-bond acceptors (Lipinski definition) is 4. The SMILES string of the molecule is CCOC=O.O=[N+]([O-])c1ccc(Cl)cc1Cn1ccc(Br)c1. The van der Waals surface area contributed by atoms with Gasteiger partial charge in [-0.25, -0.2) is 0 Å². The molecule has 1 heterocycles. The first-order valence-corrected chi connectivity index (χ1v) is 7.44. The number of ether oxygens (including phenoxy) is 1. The molecule has 0 aliphatic rings. The highest BCUT2D eigenvalue weighted by atomic mass is 79.9. The Kier molecular flexibility index (Phi) is 7.62. The molecule has 1 aromatic heterocycles. The quantitative estimate of drug-likeness (QED) is 0.439. The van der Waals surface area contributed by atoms with Crippen LogP contribution in [-0.2, 0) is 16.1 Å². The molecule has 0 radical (unpaired) electrons. The number of nitrogens with zero attached hydrogens (tertiary/aromatic N) is 2. The highest BCUT2D eigenvalue weighted by Gasteiger charge is 2.14. The van der Waals surface area contributed by atoms with E-state index in [9.17, 15) is 14.9 Å². The summed E-state index contributed by atoms with van der Waals surface area (Å²) in [5.74, 6) is 0. The van der Waals surface area contributed by atoms with Crippen LogP contribution in [0.3, 0.4) is 0 Å². The van der Waals surface area contributed by atoms with Crippen molar-refractivity contribution in [2.45, 2.75) is 13.5 Å². The van der Waals surface area contributed by atoms with Crippen LogP contribution in [-0.4, -0.2) is 22.6 Å². The molecule has 22 heavy (non-hydrogen) atoms. The van der Waals surface area contributed by atoms with E-state index in [2.05, 4.69) is 20.7 Å². The number of benzene rings is 1. The molecule has 1 aromatic carbocycles. The molecule has 0 saturated heterocycles. The number of rotatable bonds is 5. The average molecular weight is 390 g/mol. The Labute approximate surface area is 140 Å². The number of carbonyl (C=O) groups excluding carboxylic acids is 1. The summed E-state index contributed by atoms with van der Waals surface area (Å²) < 4.78 is 6.94. The smallest absolute Gasteiger partial charge is 0.293 e. The highest BCUT2D eigenvalue weighted by molar-refractivity contribution is 9.10. The fourth-order valence-electron chi connectivity index (χ4n) is 1.63. The Morgan fingerprint density at radius 3 is 2.64 bits per heavy atom. The molecule has 118 valence electrons. The van der Waals surface area contributed by atoms with Gasteiger partial charge in [0.2, 0.25) is 0 Å². The van der Waals surface area contributed by atoms with Crippen LogP contribution in [0.4, 0.5) is 5.69 Å². The molecule has 0 aliphatic heterocycles. The molecule has 0 bridgehead atoms. The molecule has 0 saturated carbocycles. The third-order valence-corrected chi connectivity index (χ3v) is 3.24. The highest BCUT2D eigenvalue weighted by Crippen LogP contribution is 2.24. The number of aromatic nitrogens is 1. The van der Waals surface area contributed by atoms with E-state index in [1.807, 2.05) is 23.0 Å². The normalized spacial score (nSPS) is 9.59. The summed E-state index contributed by atoms with van der Waals surface area (Å²) in [6, 6.07) is 6.44. The maximum Gasteiger partial charge on any atom is 0.293 e. The molecule has 0 spiro atoms. The van der Waals surface area contributed by atoms with Gasteiger partial charge in [-0.15, -0.1) is 0 Å². The summed E-state index contributed by atoms with van der Waals surface area (Å²) in [5, 5.41) is 11.4. The van der Waals surface area contributed by atoms with Crippen LogP contribution in [0.2, 0.25) is 5.02 Å². The van der Waals surface area contributed by atoms with Crippen molar-refractivity contribution in [1.82, 2.24) is 4.57 Å². The molecule has 0 unspecified atom stereocenters. The maximum absolute atomic E-state index is 10.9. The fraction of sp³-hybridized carbons (Fsp3) is 0.214. The average Bonchev–Trinajstić information content (AvgIpc) is 2.85. The first kappa shape index (κ1) is 18.2. The molecular weight excluding hydrogens is 376 g/mol. The van der Waals surface area contributed by atoms with E-state index in [1.54, 1.807) is 13.0 Å². The topological polar surface area (TPSA) is 74.4 Å². The number of halogens is 2. The summed E-state index contributed by atoms with van der Waals surface area (Å²) >= 11 is 9.18. The second-order valence-corrected chi connectivity index (χ2v) is 5.44. The third kappa shape index (κ3) is 5.87. The van der Waals surface area contributed by atoms with Gasteiger partial charge < -0.3 is 9.30 Å². The largest absolute Gasteiger partial charge is 0.468 e. The van der Waals surface area contributed by atoms with Crippen LogP contribution >= 0.6 is 27.5 Å². The van der Waals surface area contributed by atoms with Crippen molar-refractivity contribution in [3.8, 4) is 0 Å². The van der Waals surface area contributed by atoms with Gasteiger partial charge in [0.1, 0.15) is 0 Å². The van der Waals surface area contributed by atoms with Gasteiger partial charge in [-0.2, -0.15) is 0 Å². The Morgan fingerprint density at radius 1 is 1.45 bits per heavy atom. The number of nitro groups is 1. The van der Waals surface area contributed by atoms with Crippen LogP contribution in [0.25, 0.3) is 0 Å². The number of carbonyl (C=O) groups is 1. The zero-order valence-corrected chi connectivity index (χ0v) is 14.1. The second kappa shape index (κ2) is 9.22. The number of hydrogen-bond donors (Lipinski definition) is 0. The van der Waals surface area contributed by atoms with Gasteiger partial charge in [0, 0.05) is 28.0 Å². The fourth-order valence-corrected chi connectivity index (χ4v) is 2.21. The van der Waals surface area contributed by atoms with Gasteiger partial charge >= 0.3 is 0 Å². The Balaban J connectivity index is 0.000000422. The van der Waals surface area contributed by atoms with E-state index in [0.717, 1.165) is 4.47 Å². The van der Waals surface area contributed by atoms with Crippen LogP contribution in [0.5, 0.6) is 0 Å². The zero-order chi connectivity index (χ0) is 16.5. The summed E-state index contributed by atoms with van der Waals surface area (Å²) in [6.07, 6.45) is 3.69. The van der Waals surface area contributed by atoms with E-state index in [-0.39, 0.29) is 5.69 Å². The van der Waals surface area contributed by atoms with Crippen molar-refractivity contribution in [1.29, 1.82) is 0 Å². The van der Waals surface area contributed by atoms with E-state index < -0.39 is 4.92 Å². The van der Waals surface area contributed by atoms with Crippen molar-refractivity contribution in [2.24, 2.45) is 0 Å². The van der Waals surface area contributed by atoms with Crippen molar-refractivity contribution in [2.75, 3.05) is 6.61 Å². The summed E-state index contributed by atoms with van der Waals surface area (Å²) in [5.41, 5.74) is 0.671. The van der Waals surface area contributed by atoms with Gasteiger partial charge in [0.25, 0.3) is 12.2 Å². The van der Waals surface area contributed by atoms with Crippen LogP contribution in [0.15, 0.2) is 41.1 Å². The van der Waals surface area contributed by atoms with Crippen molar-refractivity contribution < 1.29 is 14.5 Å². The van der Waals surface area contributed by atoms with Gasteiger partial charge in [-0.3, -0.25) is 14.9 Å². The summed E-state index contributed by atoms with van der Waals surface area (Å²) in [7, 11) is 0. The maximum atomic E-state index is 10.9. The minimum Gasteiger partial charge on any atom is -0.468 e. The minimum atomic E-state index is -0.399. The first-order valence-electron chi connectivity index (χ1n) is 6.27. The molecule has 2 aromatic rings. The lowest BCUT2D eigenvalue weighted by atomic mass is 10.2. The van der Waals surface area contributed by atoms with Crippen LogP contribution in [0.1, 0.15) is 12.5 Å². The standard InChI is InChI=1S/C11H8BrClN2O2.C3H6O2/c12-9-3-4-14(7-9)6-8-5-10(13)1-2-11(8)15(16)17;1-2-5-3-4/h1-5,7H,6H2;3H,2H2,1H3. The van der Waals surface area contributed by atoms with Gasteiger partial charge in [-0.1, -0.05) is 11.6 Å². The zero-order valence-electron chi connectivity index (χ0n) is 11.7. The predicted molar refractivity (Wildman–Crippen MR) is 87.0 cm³/mol. The van der Waals surface area contributed by atoms with E-state index in [4.69, 9.17) is 11.6 Å². The van der Waals surface area contributed by atoms with Crippen LogP contribution < -0.4 is 0 Å². The van der Waals surface area contributed by atoms with Crippen molar-refractivity contribution in [3.05, 3.63) is 61.8 Å². The molecule has 0 atom stereocenters. The first-order chi connectivity index (χ1) is 10.5. The lowest BCUT2D eigenvalue weighted by molar-refractivity contribution is -0.385. The molecule has 0 amide bonds.